The number of carbonyl (C=O) groups excluding carboxylic acids is 2. The molecule has 0 aromatic heterocycles. The second-order valence-electron chi connectivity index (χ2n) is 6.14. The summed E-state index contributed by atoms with van der Waals surface area (Å²) in [6, 6.07) is 8.04. The third kappa shape index (κ3) is 5.23. The molecule has 0 heterocycles. The van der Waals surface area contributed by atoms with Crippen LogP contribution in [0.5, 0.6) is 0 Å². The van der Waals surface area contributed by atoms with Crippen molar-refractivity contribution in [3.05, 3.63) is 58.1 Å². The van der Waals surface area contributed by atoms with Crippen LogP contribution in [0, 0.1) is 13.8 Å². The van der Waals surface area contributed by atoms with Gasteiger partial charge in [-0.3, -0.25) is 9.59 Å². The summed E-state index contributed by atoms with van der Waals surface area (Å²) in [7, 11) is 0. The molecule has 1 N–H and O–H groups in total. The van der Waals surface area contributed by atoms with Gasteiger partial charge in [0.05, 0.1) is 16.3 Å². The van der Waals surface area contributed by atoms with Crippen LogP contribution in [-0.2, 0) is 15.8 Å². The summed E-state index contributed by atoms with van der Waals surface area (Å²) in [5, 5.41) is 2.31. The van der Waals surface area contributed by atoms with Gasteiger partial charge in [-0.1, -0.05) is 29.3 Å². The number of hydrogen-bond donors (Lipinski definition) is 1. The molecule has 8 heteroatoms. The molecule has 0 saturated carbocycles. The number of anilines is 2. The molecule has 4 nitrogen and oxygen atoms in total. The van der Waals surface area contributed by atoms with Crippen LogP contribution < -0.4 is 10.2 Å². The number of alkyl halides is 3. The van der Waals surface area contributed by atoms with Crippen molar-refractivity contribution in [1.29, 1.82) is 0 Å². The first kappa shape index (κ1) is 20.8. The van der Waals surface area contributed by atoms with Gasteiger partial charge < -0.3 is 10.2 Å². The molecular formula is C19H18ClF3N2O2. The second kappa shape index (κ2) is 8.00. The average molecular weight is 399 g/mol. The minimum absolute atomic E-state index is 0.0303. The van der Waals surface area contributed by atoms with Gasteiger partial charge in [0.2, 0.25) is 11.8 Å². The van der Waals surface area contributed by atoms with Crippen molar-refractivity contribution >= 4 is 34.8 Å². The molecule has 0 aliphatic heterocycles. The zero-order valence-corrected chi connectivity index (χ0v) is 15.7. The first-order valence-corrected chi connectivity index (χ1v) is 8.39. The minimum atomic E-state index is -4.56. The van der Waals surface area contributed by atoms with E-state index in [4.69, 9.17) is 11.6 Å². The van der Waals surface area contributed by atoms with Gasteiger partial charge in [-0.15, -0.1) is 0 Å². The number of halogens is 4. The van der Waals surface area contributed by atoms with Gasteiger partial charge in [0, 0.05) is 12.6 Å². The maximum atomic E-state index is 12.8. The highest BCUT2D eigenvalue weighted by Crippen LogP contribution is 2.33. The monoisotopic (exact) mass is 398 g/mol. The SMILES string of the molecule is CC(=O)N(CC(=O)Nc1cc(C(F)(F)F)ccc1Cl)c1ccc(C)cc1C. The minimum Gasteiger partial charge on any atom is -0.323 e. The van der Waals surface area contributed by atoms with Crippen LogP contribution in [0.2, 0.25) is 5.02 Å². The summed E-state index contributed by atoms with van der Waals surface area (Å²) in [6.45, 7) is 4.66. The fraction of sp³-hybridized carbons (Fsp3) is 0.263. The summed E-state index contributed by atoms with van der Waals surface area (Å²) in [5.74, 6) is -1.03. The molecule has 0 saturated heterocycles. The number of hydrogen-bond acceptors (Lipinski definition) is 2. The van der Waals surface area contributed by atoms with Gasteiger partial charge in [0.1, 0.15) is 6.54 Å². The highest BCUT2D eigenvalue weighted by molar-refractivity contribution is 6.33. The van der Waals surface area contributed by atoms with Crippen LogP contribution in [0.1, 0.15) is 23.6 Å². The van der Waals surface area contributed by atoms with Crippen molar-refractivity contribution in [2.24, 2.45) is 0 Å². The molecule has 27 heavy (non-hydrogen) atoms. The molecule has 0 radical (unpaired) electrons. The van der Waals surface area contributed by atoms with Crippen LogP contribution in [-0.4, -0.2) is 18.4 Å². The molecule has 0 aliphatic carbocycles. The average Bonchev–Trinajstić information content (AvgIpc) is 2.54. The van der Waals surface area contributed by atoms with E-state index in [0.29, 0.717) is 5.69 Å². The lowest BCUT2D eigenvalue weighted by Crippen LogP contribution is -2.37. The Balaban J connectivity index is 2.23. The standard InChI is InChI=1S/C19H18ClF3N2O2/c1-11-4-7-17(12(2)8-11)25(13(3)26)10-18(27)24-16-9-14(19(21,22)23)5-6-15(16)20/h4-9H,10H2,1-3H3,(H,24,27). The van der Waals surface area contributed by atoms with E-state index in [1.165, 1.54) is 11.8 Å². The normalized spacial score (nSPS) is 11.2. The molecule has 0 fully saturated rings. The van der Waals surface area contributed by atoms with Crippen molar-refractivity contribution in [2.45, 2.75) is 26.9 Å². The number of benzene rings is 2. The summed E-state index contributed by atoms with van der Waals surface area (Å²) in [6.07, 6.45) is -4.56. The topological polar surface area (TPSA) is 49.4 Å². The Morgan fingerprint density at radius 1 is 1.11 bits per heavy atom. The van der Waals surface area contributed by atoms with Gasteiger partial charge in [-0.2, -0.15) is 13.2 Å². The van der Waals surface area contributed by atoms with E-state index in [-0.39, 0.29) is 23.2 Å². The molecule has 144 valence electrons. The lowest BCUT2D eigenvalue weighted by atomic mass is 10.1. The summed E-state index contributed by atoms with van der Waals surface area (Å²) in [5.41, 5.74) is 1.26. The Morgan fingerprint density at radius 2 is 1.78 bits per heavy atom. The highest BCUT2D eigenvalue weighted by atomic mass is 35.5. The first-order chi connectivity index (χ1) is 12.5. The number of nitrogens with one attached hydrogen (secondary N) is 1. The van der Waals surface area contributed by atoms with Gasteiger partial charge in [0.25, 0.3) is 0 Å². The van der Waals surface area contributed by atoms with Crippen LogP contribution >= 0.6 is 11.6 Å². The zero-order valence-electron chi connectivity index (χ0n) is 14.9. The number of carbonyl (C=O) groups is 2. The molecule has 2 rings (SSSR count). The fourth-order valence-electron chi connectivity index (χ4n) is 2.61. The number of nitrogens with zero attached hydrogens (tertiary/aromatic N) is 1. The van der Waals surface area contributed by atoms with Crippen molar-refractivity contribution < 1.29 is 22.8 Å². The van der Waals surface area contributed by atoms with Crippen LogP contribution in [0.25, 0.3) is 0 Å². The van der Waals surface area contributed by atoms with E-state index in [2.05, 4.69) is 5.32 Å². The van der Waals surface area contributed by atoms with E-state index in [0.717, 1.165) is 29.3 Å². The zero-order chi connectivity index (χ0) is 20.4. The van der Waals surface area contributed by atoms with Crippen molar-refractivity contribution in [3.8, 4) is 0 Å². The molecule has 0 unspecified atom stereocenters. The third-order valence-electron chi connectivity index (χ3n) is 3.89. The summed E-state index contributed by atoms with van der Waals surface area (Å²) < 4.78 is 38.5. The molecule has 2 aromatic carbocycles. The van der Waals surface area contributed by atoms with Crippen LogP contribution in [0.3, 0.4) is 0 Å². The van der Waals surface area contributed by atoms with Crippen molar-refractivity contribution in [3.63, 3.8) is 0 Å². The molecule has 0 atom stereocenters. The van der Waals surface area contributed by atoms with E-state index < -0.39 is 17.6 Å². The van der Waals surface area contributed by atoms with Crippen LogP contribution in [0.4, 0.5) is 24.5 Å². The predicted molar refractivity (Wildman–Crippen MR) is 99.0 cm³/mol. The van der Waals surface area contributed by atoms with Crippen molar-refractivity contribution in [2.75, 3.05) is 16.8 Å². The lowest BCUT2D eigenvalue weighted by molar-refractivity contribution is -0.137. The Labute approximate surface area is 159 Å². The molecule has 2 aromatic rings. The molecule has 0 spiro atoms. The Morgan fingerprint density at radius 3 is 2.33 bits per heavy atom. The summed E-state index contributed by atoms with van der Waals surface area (Å²) in [4.78, 5) is 25.6. The molecule has 2 amide bonds. The molecule has 0 bridgehead atoms. The lowest BCUT2D eigenvalue weighted by Gasteiger charge is -2.23. The van der Waals surface area contributed by atoms with Crippen LogP contribution in [0.15, 0.2) is 36.4 Å². The van der Waals surface area contributed by atoms with E-state index >= 15 is 0 Å². The second-order valence-corrected chi connectivity index (χ2v) is 6.54. The Hall–Kier alpha value is -2.54. The Bertz CT molecular complexity index is 882. The molecular weight excluding hydrogens is 381 g/mol. The first-order valence-electron chi connectivity index (χ1n) is 8.01. The molecule has 0 aliphatic rings. The number of rotatable bonds is 4. The smallest absolute Gasteiger partial charge is 0.323 e. The summed E-state index contributed by atoms with van der Waals surface area (Å²) >= 11 is 5.89. The highest BCUT2D eigenvalue weighted by Gasteiger charge is 2.31. The predicted octanol–water partition coefficient (Wildman–Crippen LogP) is 4.97. The van der Waals surface area contributed by atoms with E-state index in [1.807, 2.05) is 13.0 Å². The number of aryl methyl sites for hydroxylation is 2. The third-order valence-corrected chi connectivity index (χ3v) is 4.22. The van der Waals surface area contributed by atoms with Gasteiger partial charge in [-0.05, 0) is 43.7 Å². The largest absolute Gasteiger partial charge is 0.416 e. The fourth-order valence-corrected chi connectivity index (χ4v) is 2.77. The van der Waals surface area contributed by atoms with Gasteiger partial charge >= 0.3 is 6.18 Å². The number of amides is 2. The van der Waals surface area contributed by atoms with Gasteiger partial charge in [0.15, 0.2) is 0 Å². The maximum Gasteiger partial charge on any atom is 0.416 e. The quantitative estimate of drug-likeness (QED) is 0.790. The maximum absolute atomic E-state index is 12.8. The van der Waals surface area contributed by atoms with E-state index in [9.17, 15) is 22.8 Å². The Kier molecular flexibility index (Phi) is 6.15. The van der Waals surface area contributed by atoms with Gasteiger partial charge in [-0.25, -0.2) is 0 Å². The van der Waals surface area contributed by atoms with Crippen molar-refractivity contribution in [1.82, 2.24) is 0 Å². The van der Waals surface area contributed by atoms with E-state index in [1.54, 1.807) is 19.1 Å².